The van der Waals surface area contributed by atoms with Crippen LogP contribution in [-0.4, -0.2) is 118 Å². The fourth-order valence-electron chi connectivity index (χ4n) is 12.8. The molecular formula is C54H70F3N7O6Si. The van der Waals surface area contributed by atoms with Crippen molar-refractivity contribution >= 4 is 53.4 Å². The van der Waals surface area contributed by atoms with Crippen molar-refractivity contribution in [2.24, 2.45) is 0 Å². The van der Waals surface area contributed by atoms with Gasteiger partial charge >= 0.3 is 18.2 Å². The maximum absolute atomic E-state index is 18.4. The molecular weight excluding hydrogens is 928 g/mol. The van der Waals surface area contributed by atoms with Crippen LogP contribution < -0.4 is 19.7 Å². The second-order valence-corrected chi connectivity index (χ2v) is 29.1. The minimum Gasteiger partial charge on any atom is -0.472 e. The molecule has 71 heavy (non-hydrogen) atoms. The van der Waals surface area contributed by atoms with Gasteiger partial charge in [-0.15, -0.1) is 5.54 Å². The number of anilines is 2. The highest BCUT2D eigenvalue weighted by Crippen LogP contribution is 2.50. The molecule has 4 saturated heterocycles. The van der Waals surface area contributed by atoms with Crippen molar-refractivity contribution in [3.05, 3.63) is 41.7 Å². The number of ether oxygens (including phenoxy) is 4. The Morgan fingerprint density at radius 2 is 1.66 bits per heavy atom. The average Bonchev–Trinajstić information content (AvgIpc) is 3.83. The Kier molecular flexibility index (Phi) is 12.8. The lowest BCUT2D eigenvalue weighted by atomic mass is 9.94. The van der Waals surface area contributed by atoms with Crippen LogP contribution in [0.2, 0.25) is 16.6 Å². The molecule has 382 valence electrons. The summed E-state index contributed by atoms with van der Waals surface area (Å²) in [7, 11) is -2.27. The van der Waals surface area contributed by atoms with Crippen LogP contribution in [0.4, 0.5) is 34.3 Å². The molecule has 0 aliphatic carbocycles. The number of amides is 2. The minimum atomic E-state index is -2.88. The smallest absolute Gasteiger partial charge is 0.412 e. The Morgan fingerprint density at radius 1 is 0.958 bits per heavy atom. The van der Waals surface area contributed by atoms with Gasteiger partial charge in [0.2, 0.25) is 5.88 Å². The first kappa shape index (κ1) is 50.6. The van der Waals surface area contributed by atoms with Crippen LogP contribution in [0.15, 0.2) is 30.3 Å². The molecule has 2 aromatic heterocycles. The minimum absolute atomic E-state index is 0.0728. The zero-order valence-electron chi connectivity index (χ0n) is 43.6. The topological polar surface area (TPSA) is 131 Å². The van der Waals surface area contributed by atoms with Crippen molar-refractivity contribution in [2.45, 2.75) is 186 Å². The van der Waals surface area contributed by atoms with Gasteiger partial charge < -0.3 is 23.8 Å². The van der Waals surface area contributed by atoms with E-state index in [1.54, 1.807) is 31.7 Å². The number of alkyl halides is 2. The fourth-order valence-corrected chi connectivity index (χ4v) is 18.0. The maximum Gasteiger partial charge on any atom is 0.412 e. The number of carbonyl (C=O) groups is 2. The van der Waals surface area contributed by atoms with Crippen molar-refractivity contribution in [1.82, 2.24) is 24.8 Å². The first-order chi connectivity index (χ1) is 33.2. The molecule has 9 rings (SSSR count). The van der Waals surface area contributed by atoms with E-state index in [1.807, 2.05) is 56.9 Å². The number of pyridine rings is 1. The molecule has 4 aromatic rings. The summed E-state index contributed by atoms with van der Waals surface area (Å²) < 4.78 is 73.5. The molecule has 1 unspecified atom stereocenters. The zero-order valence-corrected chi connectivity index (χ0v) is 44.6. The normalized spacial score (nSPS) is 23.9. The first-order valence-electron chi connectivity index (χ1n) is 25.4. The van der Waals surface area contributed by atoms with E-state index in [4.69, 9.17) is 33.9 Å². The largest absolute Gasteiger partial charge is 0.472 e. The Bertz CT molecular complexity index is 2820. The van der Waals surface area contributed by atoms with Crippen molar-refractivity contribution in [3.63, 3.8) is 0 Å². The lowest BCUT2D eigenvalue weighted by Crippen LogP contribution is -2.65. The van der Waals surface area contributed by atoms with Crippen molar-refractivity contribution in [2.75, 3.05) is 36.5 Å². The molecule has 17 heteroatoms. The first-order valence-corrected chi connectivity index (χ1v) is 27.7. The number of aromatic nitrogens is 3. The maximum atomic E-state index is 18.4. The number of nitrogens with zero attached hydrogens (tertiary/aromatic N) is 6. The molecule has 7 heterocycles. The monoisotopic (exact) mass is 998 g/mol. The molecule has 13 nitrogen and oxygen atoms in total. The molecule has 1 N–H and O–H groups in total. The van der Waals surface area contributed by atoms with Gasteiger partial charge in [-0.25, -0.2) is 27.7 Å². The standard InChI is InChI=1S/C54H70F3N7O6Si/c1-30(2)71(31(3)4,32(5)6)23-20-34-16-14-17-35-24-36(58-49(65)69-51(8,9)10)25-38(40(34)35)43-42(55)44-41-46(61-48(60-44)67-29-53-21-15-22-62(53)28-54(56,57)27-53)63-26-37-18-19-39(45(63)33(7)68-47(41)59-43)64(37)50(66)70-52(11,12)13/h14,16-17,24-25,30-33,37,39,45H,15,18-19,21-22,26-29H2,1-13H3,(H,58,65)/t33-,37+,39-,45+,53?/m0/s1. The molecule has 5 atom stereocenters. The number of carbonyl (C=O) groups excluding carboxylic acids is 2. The number of hydrogen-bond donors (Lipinski definition) is 1. The van der Waals surface area contributed by atoms with Gasteiger partial charge in [-0.05, 0) is 121 Å². The highest BCUT2D eigenvalue weighted by atomic mass is 28.3. The molecule has 5 aliphatic rings. The van der Waals surface area contributed by atoms with E-state index >= 15 is 13.2 Å². The Morgan fingerprint density at radius 3 is 2.34 bits per heavy atom. The van der Waals surface area contributed by atoms with Gasteiger partial charge in [0.1, 0.15) is 54.4 Å². The van der Waals surface area contributed by atoms with E-state index in [1.165, 1.54) is 0 Å². The van der Waals surface area contributed by atoms with Crippen LogP contribution >= 0.6 is 0 Å². The second-order valence-electron chi connectivity index (χ2n) is 23.6. The highest BCUT2D eigenvalue weighted by Gasteiger charge is 2.58. The summed E-state index contributed by atoms with van der Waals surface area (Å²) in [6.07, 6.45) is 0.523. The Balaban J connectivity index is 1.26. The van der Waals surface area contributed by atoms with Gasteiger partial charge in [-0.2, -0.15) is 9.97 Å². The molecule has 2 amide bonds. The summed E-state index contributed by atoms with van der Waals surface area (Å²) in [4.78, 5) is 47.9. The van der Waals surface area contributed by atoms with E-state index < -0.39 is 60.9 Å². The van der Waals surface area contributed by atoms with Gasteiger partial charge in [0.25, 0.3) is 5.92 Å². The molecule has 2 bridgehead atoms. The predicted octanol–water partition coefficient (Wildman–Crippen LogP) is 11.9. The molecule has 5 aliphatic heterocycles. The van der Waals surface area contributed by atoms with Crippen molar-refractivity contribution in [3.8, 4) is 34.6 Å². The highest BCUT2D eigenvalue weighted by molar-refractivity contribution is 6.90. The van der Waals surface area contributed by atoms with Crippen molar-refractivity contribution < 1.29 is 41.7 Å². The van der Waals surface area contributed by atoms with Gasteiger partial charge in [0.05, 0.1) is 30.2 Å². The second kappa shape index (κ2) is 18.0. The number of piperazine rings is 1. The van der Waals surface area contributed by atoms with E-state index in [-0.39, 0.29) is 60.1 Å². The van der Waals surface area contributed by atoms with Crippen LogP contribution in [0, 0.1) is 17.3 Å². The fraction of sp³-hybridized carbons (Fsp3) is 0.611. The van der Waals surface area contributed by atoms with Gasteiger partial charge in [0, 0.05) is 35.2 Å². The van der Waals surface area contributed by atoms with E-state index in [9.17, 15) is 9.59 Å². The summed E-state index contributed by atoms with van der Waals surface area (Å²) >= 11 is 0. The van der Waals surface area contributed by atoms with Gasteiger partial charge in [-0.3, -0.25) is 15.1 Å². The zero-order chi connectivity index (χ0) is 51.3. The predicted molar refractivity (Wildman–Crippen MR) is 273 cm³/mol. The number of rotatable bonds is 8. The number of nitrogens with one attached hydrogen (secondary N) is 1. The molecule has 4 fully saturated rings. The quantitative estimate of drug-likeness (QED) is 0.134. The van der Waals surface area contributed by atoms with Gasteiger partial charge in [0.15, 0.2) is 5.82 Å². The summed E-state index contributed by atoms with van der Waals surface area (Å²) in [6, 6.07) is 7.93. The van der Waals surface area contributed by atoms with E-state index in [0.717, 1.165) is 6.42 Å². The Hall–Kier alpha value is -5.34. The number of fused-ring (bicyclic) bond motifs is 7. The number of hydrogen-bond acceptors (Lipinski definition) is 11. The van der Waals surface area contributed by atoms with Crippen LogP contribution in [-0.2, 0) is 9.47 Å². The summed E-state index contributed by atoms with van der Waals surface area (Å²) in [6.45, 7) is 26.6. The lowest BCUT2D eigenvalue weighted by Gasteiger charge is -2.48. The SMILES string of the molecule is CC(C)[Si](C#Cc1cccc2cc(NC(=O)OC(C)(C)C)cc(-c3nc4c5c(nc(OCC67CCCN6CC(F)(F)C7)nc5c3F)N3C[C@H]5CC[C@@H]([C@H]3[C@H](C)O4)N5C(=O)OC(C)(C)C)c12)(C(C)C)C(C)C. The number of halogens is 3. The Labute approximate surface area is 416 Å². The van der Waals surface area contributed by atoms with E-state index in [0.29, 0.717) is 82.4 Å². The third-order valence-corrected chi connectivity index (χ3v) is 21.7. The summed E-state index contributed by atoms with van der Waals surface area (Å²) in [5, 5.41) is 4.38. The lowest BCUT2D eigenvalue weighted by molar-refractivity contribution is 0.000848. The van der Waals surface area contributed by atoms with Crippen LogP contribution in [0.3, 0.4) is 0 Å². The van der Waals surface area contributed by atoms with Crippen LogP contribution in [0.1, 0.15) is 128 Å². The summed E-state index contributed by atoms with van der Waals surface area (Å²) in [5.74, 6) is 0.325. The van der Waals surface area contributed by atoms with Gasteiger partial charge in [-0.1, -0.05) is 59.6 Å². The molecule has 0 saturated carbocycles. The van der Waals surface area contributed by atoms with Crippen LogP contribution in [0.25, 0.3) is 32.9 Å². The third kappa shape index (κ3) is 9.25. The molecule has 0 spiro atoms. The molecule has 0 radical (unpaired) electrons. The average molecular weight is 998 g/mol. The van der Waals surface area contributed by atoms with Crippen LogP contribution in [0.5, 0.6) is 11.9 Å². The third-order valence-electron chi connectivity index (χ3n) is 15.5. The van der Waals surface area contributed by atoms with E-state index in [2.05, 4.69) is 63.2 Å². The number of benzene rings is 2. The van der Waals surface area contributed by atoms with Crippen molar-refractivity contribution in [1.29, 1.82) is 0 Å². The summed E-state index contributed by atoms with van der Waals surface area (Å²) in [5.41, 5.74) is 3.52. The molecule has 2 aromatic carbocycles.